The van der Waals surface area contributed by atoms with Gasteiger partial charge in [-0.05, 0) is 46.9 Å². The molecule has 0 aliphatic carbocycles. The molecule has 0 bridgehead atoms. The minimum absolute atomic E-state index is 0.244. The van der Waals surface area contributed by atoms with E-state index in [9.17, 15) is 9.59 Å². The lowest BCUT2D eigenvalue weighted by atomic mass is 9.93. The summed E-state index contributed by atoms with van der Waals surface area (Å²) >= 11 is 1.47. The van der Waals surface area contributed by atoms with Gasteiger partial charge in [0.25, 0.3) is 5.91 Å². The van der Waals surface area contributed by atoms with Gasteiger partial charge in [0.1, 0.15) is 6.10 Å². The van der Waals surface area contributed by atoms with Crippen LogP contribution < -0.4 is 5.32 Å². The SMILES string of the molecule is CCc1ccc(Cc2cnc(NC(=O)c3ccc4c(c3)C[C@@H](c3ccccc3)OC4=O)s2)cc1. The fraction of sp³-hybridized carbons (Fsp3) is 0.179. The maximum Gasteiger partial charge on any atom is 0.339 e. The van der Waals surface area contributed by atoms with E-state index in [1.54, 1.807) is 24.4 Å². The van der Waals surface area contributed by atoms with E-state index in [2.05, 4.69) is 41.5 Å². The number of hydrogen-bond acceptors (Lipinski definition) is 5. The molecule has 6 heteroatoms. The van der Waals surface area contributed by atoms with Crippen LogP contribution in [0.5, 0.6) is 0 Å². The van der Waals surface area contributed by atoms with Crippen molar-refractivity contribution in [3.8, 4) is 0 Å². The molecule has 1 aliphatic heterocycles. The third-order valence-corrected chi connectivity index (χ3v) is 6.91. The van der Waals surface area contributed by atoms with Crippen LogP contribution in [0.1, 0.15) is 60.9 Å². The number of nitrogens with zero attached hydrogens (tertiary/aromatic N) is 1. The Morgan fingerprint density at radius 1 is 1.06 bits per heavy atom. The molecule has 0 radical (unpaired) electrons. The van der Waals surface area contributed by atoms with Crippen LogP contribution in [0.15, 0.2) is 79.0 Å². The average Bonchev–Trinajstić information content (AvgIpc) is 3.31. The Hall–Kier alpha value is -3.77. The standard InChI is InChI=1S/C28H24N2O3S/c1-2-18-8-10-19(11-9-18)14-23-17-29-28(34-23)30-26(31)21-12-13-24-22(15-21)16-25(33-27(24)32)20-6-4-3-5-7-20/h3-13,15,17,25H,2,14,16H2,1H3,(H,29,30,31)/t25-/m0/s1. The summed E-state index contributed by atoms with van der Waals surface area (Å²) in [6.45, 7) is 2.14. The number of fused-ring (bicyclic) bond motifs is 1. The Kier molecular flexibility index (Phi) is 6.23. The van der Waals surface area contributed by atoms with Gasteiger partial charge < -0.3 is 4.74 Å². The molecule has 0 fully saturated rings. The van der Waals surface area contributed by atoms with Gasteiger partial charge in [0.15, 0.2) is 5.13 Å². The third kappa shape index (κ3) is 4.77. The van der Waals surface area contributed by atoms with Gasteiger partial charge in [-0.15, -0.1) is 11.3 Å². The Bertz CT molecular complexity index is 1330. The molecule has 0 saturated carbocycles. The van der Waals surface area contributed by atoms with Crippen molar-refractivity contribution in [2.45, 2.75) is 32.3 Å². The number of nitrogens with one attached hydrogen (secondary N) is 1. The summed E-state index contributed by atoms with van der Waals surface area (Å²) in [7, 11) is 0. The number of amides is 1. The molecule has 170 valence electrons. The summed E-state index contributed by atoms with van der Waals surface area (Å²) in [4.78, 5) is 30.9. The van der Waals surface area contributed by atoms with E-state index < -0.39 is 0 Å². The molecule has 1 aliphatic rings. The summed E-state index contributed by atoms with van der Waals surface area (Å²) < 4.78 is 5.61. The van der Waals surface area contributed by atoms with Gasteiger partial charge in [-0.25, -0.2) is 9.78 Å². The maximum absolute atomic E-state index is 12.9. The van der Waals surface area contributed by atoms with Crippen molar-refractivity contribution >= 4 is 28.3 Å². The van der Waals surface area contributed by atoms with Gasteiger partial charge in [-0.1, -0.05) is 61.5 Å². The molecule has 5 rings (SSSR count). The summed E-state index contributed by atoms with van der Waals surface area (Å²) in [5.74, 6) is -0.607. The molecular weight excluding hydrogens is 444 g/mol. The summed E-state index contributed by atoms with van der Waals surface area (Å²) in [5, 5.41) is 3.46. The van der Waals surface area contributed by atoms with Gasteiger partial charge in [0.05, 0.1) is 5.56 Å². The van der Waals surface area contributed by atoms with Crippen LogP contribution in [0.3, 0.4) is 0 Å². The van der Waals surface area contributed by atoms with E-state index >= 15 is 0 Å². The monoisotopic (exact) mass is 468 g/mol. The summed E-state index contributed by atoms with van der Waals surface area (Å²) in [6, 6.07) is 23.3. The zero-order chi connectivity index (χ0) is 23.5. The number of aromatic nitrogens is 1. The van der Waals surface area contributed by atoms with Crippen LogP contribution >= 0.6 is 11.3 Å². The highest BCUT2D eigenvalue weighted by Gasteiger charge is 2.28. The Morgan fingerprint density at radius 2 is 1.82 bits per heavy atom. The van der Waals surface area contributed by atoms with E-state index in [0.29, 0.717) is 22.7 Å². The van der Waals surface area contributed by atoms with Crippen molar-refractivity contribution in [2.75, 3.05) is 5.32 Å². The van der Waals surface area contributed by atoms with E-state index in [0.717, 1.165) is 28.8 Å². The molecule has 5 nitrogen and oxygen atoms in total. The van der Waals surface area contributed by atoms with Crippen LogP contribution in [0.25, 0.3) is 0 Å². The molecule has 1 aromatic heterocycles. The zero-order valence-corrected chi connectivity index (χ0v) is 19.6. The quantitative estimate of drug-likeness (QED) is 0.352. The van der Waals surface area contributed by atoms with Crippen molar-refractivity contribution in [3.05, 3.63) is 117 Å². The summed E-state index contributed by atoms with van der Waals surface area (Å²) in [5.41, 5.74) is 5.29. The Morgan fingerprint density at radius 3 is 2.59 bits per heavy atom. The first-order valence-electron chi connectivity index (χ1n) is 11.3. The fourth-order valence-electron chi connectivity index (χ4n) is 4.10. The van der Waals surface area contributed by atoms with Gasteiger partial charge in [-0.3, -0.25) is 10.1 Å². The van der Waals surface area contributed by atoms with Gasteiger partial charge in [0.2, 0.25) is 0 Å². The molecule has 4 aromatic rings. The van der Waals surface area contributed by atoms with E-state index in [1.807, 2.05) is 30.3 Å². The number of rotatable bonds is 6. The number of benzene rings is 3. The molecule has 0 saturated heterocycles. The molecule has 2 heterocycles. The lowest BCUT2D eigenvalue weighted by Gasteiger charge is -2.25. The van der Waals surface area contributed by atoms with Gasteiger partial charge >= 0.3 is 5.97 Å². The highest BCUT2D eigenvalue weighted by atomic mass is 32.1. The molecular formula is C28H24N2O3S. The molecule has 0 spiro atoms. The number of esters is 1. The molecule has 1 amide bonds. The Labute approximate surface area is 202 Å². The minimum atomic E-state index is -0.362. The van der Waals surface area contributed by atoms with Gasteiger partial charge in [0, 0.05) is 29.5 Å². The highest BCUT2D eigenvalue weighted by Crippen LogP contribution is 2.31. The average molecular weight is 469 g/mol. The van der Waals surface area contributed by atoms with Crippen LogP contribution in [0.4, 0.5) is 5.13 Å². The topological polar surface area (TPSA) is 68.3 Å². The van der Waals surface area contributed by atoms with Crippen LogP contribution in [0.2, 0.25) is 0 Å². The third-order valence-electron chi connectivity index (χ3n) is 6.00. The molecule has 0 unspecified atom stereocenters. The van der Waals surface area contributed by atoms with Crippen molar-refractivity contribution in [1.29, 1.82) is 0 Å². The lowest BCUT2D eigenvalue weighted by Crippen LogP contribution is -2.23. The lowest BCUT2D eigenvalue weighted by molar-refractivity contribution is 0.0252. The second kappa shape index (κ2) is 9.61. The van der Waals surface area contributed by atoms with E-state index in [-0.39, 0.29) is 18.0 Å². The minimum Gasteiger partial charge on any atom is -0.454 e. The maximum atomic E-state index is 12.9. The van der Waals surface area contributed by atoms with Crippen molar-refractivity contribution < 1.29 is 14.3 Å². The van der Waals surface area contributed by atoms with Crippen molar-refractivity contribution in [2.24, 2.45) is 0 Å². The highest BCUT2D eigenvalue weighted by molar-refractivity contribution is 7.15. The largest absolute Gasteiger partial charge is 0.454 e. The molecule has 3 aromatic carbocycles. The first-order valence-corrected chi connectivity index (χ1v) is 12.1. The number of ether oxygens (including phenoxy) is 1. The number of carbonyl (C=O) groups excluding carboxylic acids is 2. The number of thiazole rings is 1. The number of anilines is 1. The number of carbonyl (C=O) groups is 2. The zero-order valence-electron chi connectivity index (χ0n) is 18.8. The first-order chi connectivity index (χ1) is 16.6. The second-order valence-corrected chi connectivity index (χ2v) is 9.43. The number of cyclic esters (lactones) is 1. The molecule has 34 heavy (non-hydrogen) atoms. The van der Waals surface area contributed by atoms with Crippen LogP contribution in [-0.4, -0.2) is 16.9 Å². The van der Waals surface area contributed by atoms with Crippen molar-refractivity contribution in [3.63, 3.8) is 0 Å². The van der Waals surface area contributed by atoms with E-state index in [4.69, 9.17) is 4.74 Å². The number of hydrogen-bond donors (Lipinski definition) is 1. The molecule has 1 N–H and O–H groups in total. The Balaban J connectivity index is 1.28. The predicted octanol–water partition coefficient (Wildman–Crippen LogP) is 6.00. The van der Waals surface area contributed by atoms with Crippen LogP contribution in [0, 0.1) is 0 Å². The summed E-state index contributed by atoms with van der Waals surface area (Å²) in [6.07, 6.45) is 3.78. The van der Waals surface area contributed by atoms with E-state index in [1.165, 1.54) is 22.5 Å². The first kappa shape index (κ1) is 22.0. The smallest absolute Gasteiger partial charge is 0.339 e. The van der Waals surface area contributed by atoms with Crippen molar-refractivity contribution in [1.82, 2.24) is 4.98 Å². The fourth-order valence-corrected chi connectivity index (χ4v) is 4.94. The second-order valence-electron chi connectivity index (χ2n) is 8.31. The van der Waals surface area contributed by atoms with Crippen LogP contribution in [-0.2, 0) is 24.0 Å². The molecule has 1 atom stereocenters. The predicted molar refractivity (Wildman–Crippen MR) is 133 cm³/mol. The van der Waals surface area contributed by atoms with Gasteiger partial charge in [-0.2, -0.15) is 0 Å². The number of aryl methyl sites for hydroxylation is 1. The normalized spacial score (nSPS) is 14.9.